The van der Waals surface area contributed by atoms with Gasteiger partial charge in [0.1, 0.15) is 0 Å². The van der Waals surface area contributed by atoms with Crippen LogP contribution < -0.4 is 5.73 Å². The molecule has 102 valence electrons. The molecule has 3 heteroatoms. The van der Waals surface area contributed by atoms with Crippen LogP contribution in [0.3, 0.4) is 0 Å². The molecule has 1 aromatic rings. The molecule has 4 atom stereocenters. The average molecular weight is 266 g/mol. The van der Waals surface area contributed by atoms with Gasteiger partial charge < -0.3 is 5.73 Å². The maximum Gasteiger partial charge on any atom is 0.0566 e. The molecule has 0 amide bonds. The van der Waals surface area contributed by atoms with Crippen molar-refractivity contribution in [2.45, 2.75) is 46.2 Å². The Morgan fingerprint density at radius 3 is 2.67 bits per heavy atom. The predicted octanol–water partition coefficient (Wildman–Crippen LogP) is 3.42. The zero-order chi connectivity index (χ0) is 13.3. The number of thiophene rings is 1. The van der Waals surface area contributed by atoms with E-state index in [4.69, 9.17) is 5.73 Å². The number of hydrogen-bond donors (Lipinski definition) is 1. The highest BCUT2D eigenvalue weighted by Gasteiger charge is 2.33. The highest BCUT2D eigenvalue weighted by Crippen LogP contribution is 2.35. The van der Waals surface area contributed by atoms with E-state index in [9.17, 15) is 0 Å². The summed E-state index contributed by atoms with van der Waals surface area (Å²) < 4.78 is 0. The van der Waals surface area contributed by atoms with Gasteiger partial charge in [-0.25, -0.2) is 0 Å². The summed E-state index contributed by atoms with van der Waals surface area (Å²) in [5, 5.41) is 0. The van der Waals surface area contributed by atoms with Crippen LogP contribution in [0.15, 0.2) is 12.1 Å². The van der Waals surface area contributed by atoms with E-state index >= 15 is 0 Å². The van der Waals surface area contributed by atoms with Gasteiger partial charge in [-0.1, -0.05) is 13.8 Å². The lowest BCUT2D eigenvalue weighted by atomic mass is 9.85. The second-order valence-electron chi connectivity index (χ2n) is 5.96. The number of hydrogen-bond acceptors (Lipinski definition) is 3. The van der Waals surface area contributed by atoms with Crippen molar-refractivity contribution in [2.75, 3.05) is 13.1 Å². The van der Waals surface area contributed by atoms with Gasteiger partial charge in [0, 0.05) is 28.9 Å². The molecule has 0 saturated carbocycles. The van der Waals surface area contributed by atoms with E-state index in [-0.39, 0.29) is 0 Å². The molecule has 1 aliphatic rings. The van der Waals surface area contributed by atoms with Gasteiger partial charge in [-0.2, -0.15) is 0 Å². The molecule has 2 heterocycles. The number of nitrogens with two attached hydrogens (primary N) is 1. The van der Waals surface area contributed by atoms with E-state index in [2.05, 4.69) is 44.7 Å². The van der Waals surface area contributed by atoms with Crippen LogP contribution >= 0.6 is 11.3 Å². The summed E-state index contributed by atoms with van der Waals surface area (Å²) in [6.45, 7) is 11.2. The fourth-order valence-electron chi connectivity index (χ4n) is 3.22. The molecule has 1 aliphatic heterocycles. The molecular weight excluding hydrogens is 240 g/mol. The van der Waals surface area contributed by atoms with E-state index in [1.807, 2.05) is 11.3 Å². The molecule has 2 nitrogen and oxygen atoms in total. The van der Waals surface area contributed by atoms with Crippen molar-refractivity contribution in [3.05, 3.63) is 21.9 Å². The normalized spacial score (nSPS) is 31.5. The summed E-state index contributed by atoms with van der Waals surface area (Å²) in [5.74, 6) is 1.55. The van der Waals surface area contributed by atoms with Crippen LogP contribution in [0.5, 0.6) is 0 Å². The maximum atomic E-state index is 6.06. The first-order valence-corrected chi connectivity index (χ1v) is 7.86. The Morgan fingerprint density at radius 2 is 2.11 bits per heavy atom. The fraction of sp³-hybridized carbons (Fsp3) is 0.733. The van der Waals surface area contributed by atoms with Gasteiger partial charge >= 0.3 is 0 Å². The second kappa shape index (κ2) is 5.72. The van der Waals surface area contributed by atoms with Crippen molar-refractivity contribution in [3.63, 3.8) is 0 Å². The molecule has 0 bridgehead atoms. The van der Waals surface area contributed by atoms with E-state index < -0.39 is 0 Å². The van der Waals surface area contributed by atoms with Gasteiger partial charge in [0.2, 0.25) is 0 Å². The van der Waals surface area contributed by atoms with Crippen molar-refractivity contribution in [1.29, 1.82) is 0 Å². The fourth-order valence-corrected chi connectivity index (χ4v) is 4.23. The average Bonchev–Trinajstić information content (AvgIpc) is 2.73. The lowest BCUT2D eigenvalue weighted by Crippen LogP contribution is -2.49. The molecule has 0 aromatic carbocycles. The summed E-state index contributed by atoms with van der Waals surface area (Å²) in [5.41, 5.74) is 6.06. The third-order valence-electron chi connectivity index (χ3n) is 4.36. The number of rotatable bonds is 3. The van der Waals surface area contributed by atoms with Gasteiger partial charge in [0.25, 0.3) is 0 Å². The van der Waals surface area contributed by atoms with Crippen LogP contribution in [0, 0.1) is 18.8 Å². The van der Waals surface area contributed by atoms with Gasteiger partial charge in [0.05, 0.1) is 6.04 Å². The summed E-state index contributed by atoms with van der Waals surface area (Å²) in [6.07, 6.45) is 1.35. The Bertz CT molecular complexity index is 388. The molecule has 0 spiro atoms. The highest BCUT2D eigenvalue weighted by molar-refractivity contribution is 7.12. The van der Waals surface area contributed by atoms with Gasteiger partial charge in [-0.05, 0) is 44.2 Å². The monoisotopic (exact) mass is 266 g/mol. The molecule has 1 fully saturated rings. The van der Waals surface area contributed by atoms with Crippen molar-refractivity contribution < 1.29 is 0 Å². The van der Waals surface area contributed by atoms with Gasteiger partial charge in [0.15, 0.2) is 0 Å². The van der Waals surface area contributed by atoms with Crippen LogP contribution in [-0.4, -0.2) is 24.0 Å². The second-order valence-corrected chi connectivity index (χ2v) is 7.27. The Hall–Kier alpha value is -0.380. The topological polar surface area (TPSA) is 29.3 Å². The van der Waals surface area contributed by atoms with Crippen LogP contribution in [0.2, 0.25) is 0 Å². The first kappa shape index (κ1) is 14.0. The summed E-state index contributed by atoms with van der Waals surface area (Å²) in [4.78, 5) is 5.45. The highest BCUT2D eigenvalue weighted by atomic mass is 32.1. The van der Waals surface area contributed by atoms with Gasteiger partial charge in [-0.3, -0.25) is 4.90 Å². The minimum Gasteiger partial charge on any atom is -0.329 e. The zero-order valence-electron chi connectivity index (χ0n) is 12.0. The quantitative estimate of drug-likeness (QED) is 0.908. The van der Waals surface area contributed by atoms with Crippen LogP contribution in [0.4, 0.5) is 0 Å². The Kier molecular flexibility index (Phi) is 4.46. The largest absolute Gasteiger partial charge is 0.329 e. The zero-order valence-corrected chi connectivity index (χ0v) is 12.8. The maximum absolute atomic E-state index is 6.06. The molecule has 0 radical (unpaired) electrons. The Balaban J connectivity index is 2.20. The molecule has 2 rings (SSSR count). The molecule has 1 aromatic heterocycles. The molecular formula is C15H26N2S. The molecule has 4 unspecified atom stereocenters. The smallest absolute Gasteiger partial charge is 0.0566 e. The number of aryl methyl sites for hydroxylation is 1. The lowest BCUT2D eigenvalue weighted by Gasteiger charge is -2.45. The molecule has 2 N–H and O–H groups in total. The SMILES string of the molecule is Cc1ccc(C(CN)N2CC(C)CC(C)C2C)s1. The van der Waals surface area contributed by atoms with Crippen molar-refractivity contribution in [2.24, 2.45) is 17.6 Å². The minimum absolute atomic E-state index is 0.406. The summed E-state index contributed by atoms with van der Waals surface area (Å²) in [6, 6.07) is 5.51. The lowest BCUT2D eigenvalue weighted by molar-refractivity contribution is 0.0437. The number of piperidine rings is 1. The number of nitrogens with zero attached hydrogens (tertiary/aromatic N) is 1. The number of likely N-dealkylation sites (tertiary alicyclic amines) is 1. The third-order valence-corrected chi connectivity index (χ3v) is 5.46. The van der Waals surface area contributed by atoms with Crippen molar-refractivity contribution in [3.8, 4) is 0 Å². The first-order valence-electron chi connectivity index (χ1n) is 7.05. The van der Waals surface area contributed by atoms with E-state index in [0.29, 0.717) is 12.1 Å². The van der Waals surface area contributed by atoms with E-state index in [1.54, 1.807) is 0 Å². The van der Waals surface area contributed by atoms with E-state index in [0.717, 1.165) is 18.4 Å². The molecule has 0 aliphatic carbocycles. The van der Waals surface area contributed by atoms with Crippen molar-refractivity contribution in [1.82, 2.24) is 4.90 Å². The Morgan fingerprint density at radius 1 is 1.39 bits per heavy atom. The van der Waals surface area contributed by atoms with Crippen LogP contribution in [-0.2, 0) is 0 Å². The van der Waals surface area contributed by atoms with Crippen LogP contribution in [0.1, 0.15) is 43.0 Å². The van der Waals surface area contributed by atoms with E-state index in [1.165, 1.54) is 22.7 Å². The van der Waals surface area contributed by atoms with Gasteiger partial charge in [-0.15, -0.1) is 11.3 Å². The molecule has 1 saturated heterocycles. The summed E-state index contributed by atoms with van der Waals surface area (Å²) >= 11 is 1.90. The van der Waals surface area contributed by atoms with Crippen molar-refractivity contribution >= 4 is 11.3 Å². The third kappa shape index (κ3) is 2.79. The standard InChI is InChI=1S/C15H26N2S/c1-10-7-11(2)13(4)17(9-10)14(8-16)15-6-5-12(3)18-15/h5-6,10-11,13-14H,7-9,16H2,1-4H3. The Labute approximate surface area is 115 Å². The summed E-state index contributed by atoms with van der Waals surface area (Å²) in [7, 11) is 0. The first-order chi connectivity index (χ1) is 8.52. The minimum atomic E-state index is 0.406. The predicted molar refractivity (Wildman–Crippen MR) is 80.0 cm³/mol. The molecule has 18 heavy (non-hydrogen) atoms. The van der Waals surface area contributed by atoms with Crippen LogP contribution in [0.25, 0.3) is 0 Å².